The van der Waals surface area contributed by atoms with E-state index < -0.39 is 0 Å². The van der Waals surface area contributed by atoms with Crippen LogP contribution in [0.4, 0.5) is 0 Å². The van der Waals surface area contributed by atoms with Gasteiger partial charge in [-0.15, -0.1) is 0 Å². The fraction of sp³-hybridized carbons (Fsp3) is 0.111. The van der Waals surface area contributed by atoms with Gasteiger partial charge in [-0.3, -0.25) is 4.79 Å². The van der Waals surface area contributed by atoms with Gasteiger partial charge < -0.3 is 9.47 Å². The largest absolute Gasteiger partial charge is 0.493 e. The van der Waals surface area contributed by atoms with Crippen LogP contribution in [-0.4, -0.2) is 19.2 Å². The van der Waals surface area contributed by atoms with Gasteiger partial charge in [-0.2, -0.15) is 5.10 Å². The standard InChI is InChI=1S/C27H22BrIN2O3/c1-33-25-14-19(16-30-31-26(32)15-18-9-11-22(28)12-10-18)13-24(29)27(25)34-17-21-7-4-6-20-5-2-3-8-23(20)21/h2-14,16H,15,17H2,1H3,(H,31,32)/b30-16+. The maximum Gasteiger partial charge on any atom is 0.244 e. The first kappa shape index (κ1) is 24.2. The van der Waals surface area contributed by atoms with E-state index in [1.807, 2.05) is 54.6 Å². The second-order valence-corrected chi connectivity index (χ2v) is 9.64. The summed E-state index contributed by atoms with van der Waals surface area (Å²) >= 11 is 5.61. The lowest BCUT2D eigenvalue weighted by Crippen LogP contribution is -2.19. The Labute approximate surface area is 220 Å². The Morgan fingerprint density at radius 3 is 2.62 bits per heavy atom. The van der Waals surface area contributed by atoms with E-state index in [4.69, 9.17) is 9.47 Å². The molecule has 0 fully saturated rings. The van der Waals surface area contributed by atoms with Crippen LogP contribution < -0.4 is 14.9 Å². The van der Waals surface area contributed by atoms with Crippen LogP contribution in [-0.2, 0) is 17.8 Å². The lowest BCUT2D eigenvalue weighted by Gasteiger charge is -2.14. The van der Waals surface area contributed by atoms with Crippen molar-refractivity contribution in [2.75, 3.05) is 7.11 Å². The van der Waals surface area contributed by atoms with Crippen LogP contribution in [0.5, 0.6) is 11.5 Å². The highest BCUT2D eigenvalue weighted by Gasteiger charge is 2.12. The second kappa shape index (κ2) is 11.5. The van der Waals surface area contributed by atoms with E-state index in [2.05, 4.69) is 73.3 Å². The van der Waals surface area contributed by atoms with Crippen LogP contribution >= 0.6 is 38.5 Å². The van der Waals surface area contributed by atoms with Gasteiger partial charge in [0, 0.05) is 4.47 Å². The summed E-state index contributed by atoms with van der Waals surface area (Å²) in [5.74, 6) is 1.09. The normalized spacial score (nSPS) is 11.0. The van der Waals surface area contributed by atoms with Gasteiger partial charge in [0.05, 0.1) is 23.3 Å². The summed E-state index contributed by atoms with van der Waals surface area (Å²) in [5.41, 5.74) is 5.39. The molecule has 5 nitrogen and oxygen atoms in total. The average molecular weight is 629 g/mol. The summed E-state index contributed by atoms with van der Waals surface area (Å²) < 4.78 is 13.6. The summed E-state index contributed by atoms with van der Waals surface area (Å²) in [6.45, 7) is 0.424. The summed E-state index contributed by atoms with van der Waals surface area (Å²) in [4.78, 5) is 12.2. The molecule has 7 heteroatoms. The first-order valence-electron chi connectivity index (χ1n) is 10.6. The van der Waals surface area contributed by atoms with Gasteiger partial charge in [0.15, 0.2) is 11.5 Å². The number of methoxy groups -OCH3 is 1. The summed E-state index contributed by atoms with van der Waals surface area (Å²) in [5, 5.41) is 6.44. The zero-order valence-corrected chi connectivity index (χ0v) is 22.2. The molecule has 0 aromatic heterocycles. The van der Waals surface area contributed by atoms with E-state index in [-0.39, 0.29) is 12.3 Å². The summed E-state index contributed by atoms with van der Waals surface area (Å²) in [6, 6.07) is 25.8. The smallest absolute Gasteiger partial charge is 0.244 e. The molecule has 0 saturated carbocycles. The maximum atomic E-state index is 12.2. The molecule has 0 spiro atoms. The number of nitrogens with one attached hydrogen (secondary N) is 1. The molecule has 0 unspecified atom stereocenters. The van der Waals surface area contributed by atoms with Crippen molar-refractivity contribution < 1.29 is 14.3 Å². The number of carbonyl (C=O) groups excluding carboxylic acids is 1. The molecule has 0 heterocycles. The van der Waals surface area contributed by atoms with E-state index in [1.54, 1.807) is 13.3 Å². The lowest BCUT2D eigenvalue weighted by molar-refractivity contribution is -0.120. The SMILES string of the molecule is COc1cc(/C=N/NC(=O)Cc2ccc(Br)cc2)cc(I)c1OCc1cccc2ccccc12. The molecular formula is C27H22BrIN2O3. The highest BCUT2D eigenvalue weighted by atomic mass is 127. The predicted molar refractivity (Wildman–Crippen MR) is 148 cm³/mol. The molecule has 4 aromatic carbocycles. The van der Waals surface area contributed by atoms with Crippen molar-refractivity contribution in [3.8, 4) is 11.5 Å². The fourth-order valence-electron chi connectivity index (χ4n) is 3.53. The molecule has 1 amide bonds. The Balaban J connectivity index is 1.43. The summed E-state index contributed by atoms with van der Waals surface area (Å²) in [6.07, 6.45) is 1.85. The van der Waals surface area contributed by atoms with Crippen LogP contribution in [0.1, 0.15) is 16.7 Å². The maximum absolute atomic E-state index is 12.2. The number of benzene rings is 4. The molecule has 0 atom stereocenters. The van der Waals surface area contributed by atoms with Crippen LogP contribution in [0.25, 0.3) is 10.8 Å². The van der Waals surface area contributed by atoms with Crippen molar-refractivity contribution in [1.29, 1.82) is 0 Å². The predicted octanol–water partition coefficient (Wildman–Crippen LogP) is 6.49. The van der Waals surface area contributed by atoms with Gasteiger partial charge >= 0.3 is 0 Å². The minimum absolute atomic E-state index is 0.185. The Morgan fingerprint density at radius 1 is 1.06 bits per heavy atom. The van der Waals surface area contributed by atoms with E-state index in [9.17, 15) is 4.79 Å². The molecule has 4 rings (SSSR count). The average Bonchev–Trinajstić information content (AvgIpc) is 2.84. The first-order valence-corrected chi connectivity index (χ1v) is 12.4. The number of halogens is 2. The zero-order valence-electron chi connectivity index (χ0n) is 18.4. The third-order valence-corrected chi connectivity index (χ3v) is 6.51. The minimum atomic E-state index is -0.185. The van der Waals surface area contributed by atoms with Gasteiger partial charge in [0.25, 0.3) is 0 Å². The lowest BCUT2D eigenvalue weighted by atomic mass is 10.1. The van der Waals surface area contributed by atoms with Crippen molar-refractivity contribution in [2.24, 2.45) is 5.10 Å². The molecule has 0 radical (unpaired) electrons. The molecule has 0 aliphatic carbocycles. The Morgan fingerprint density at radius 2 is 1.82 bits per heavy atom. The van der Waals surface area contributed by atoms with Crippen molar-refractivity contribution in [2.45, 2.75) is 13.0 Å². The van der Waals surface area contributed by atoms with Crippen molar-refractivity contribution >= 4 is 61.4 Å². The molecule has 0 saturated heterocycles. The summed E-state index contributed by atoms with van der Waals surface area (Å²) in [7, 11) is 1.61. The van der Waals surface area contributed by atoms with E-state index >= 15 is 0 Å². The van der Waals surface area contributed by atoms with Gasteiger partial charge in [0.2, 0.25) is 5.91 Å². The third-order valence-electron chi connectivity index (χ3n) is 5.18. The number of fused-ring (bicyclic) bond motifs is 1. The molecule has 34 heavy (non-hydrogen) atoms. The van der Waals surface area contributed by atoms with Crippen LogP contribution in [0, 0.1) is 3.57 Å². The van der Waals surface area contributed by atoms with E-state index in [0.717, 1.165) is 24.7 Å². The molecule has 0 aliphatic rings. The number of carbonyl (C=O) groups is 1. The number of hydrogen-bond donors (Lipinski definition) is 1. The topological polar surface area (TPSA) is 59.9 Å². The second-order valence-electron chi connectivity index (χ2n) is 7.56. The quantitative estimate of drug-likeness (QED) is 0.138. The van der Waals surface area contributed by atoms with Crippen molar-refractivity contribution in [3.05, 3.63) is 104 Å². The third kappa shape index (κ3) is 6.15. The number of amides is 1. The number of hydrogen-bond acceptors (Lipinski definition) is 4. The van der Waals surface area contributed by atoms with Crippen LogP contribution in [0.2, 0.25) is 0 Å². The van der Waals surface area contributed by atoms with Gasteiger partial charge in [-0.25, -0.2) is 5.43 Å². The van der Waals surface area contributed by atoms with Crippen molar-refractivity contribution in [3.63, 3.8) is 0 Å². The Bertz CT molecular complexity index is 1330. The molecule has 1 N–H and O–H groups in total. The fourth-order valence-corrected chi connectivity index (χ4v) is 4.57. The molecule has 0 aliphatic heterocycles. The molecule has 4 aromatic rings. The number of ether oxygens (including phenoxy) is 2. The van der Waals surface area contributed by atoms with Gasteiger partial charge in [0.1, 0.15) is 6.61 Å². The number of nitrogens with zero attached hydrogens (tertiary/aromatic N) is 1. The van der Waals surface area contributed by atoms with Gasteiger partial charge in [-0.1, -0.05) is 70.5 Å². The minimum Gasteiger partial charge on any atom is -0.493 e. The van der Waals surface area contributed by atoms with Crippen molar-refractivity contribution in [1.82, 2.24) is 5.43 Å². The highest BCUT2D eigenvalue weighted by Crippen LogP contribution is 2.34. The Hall–Kier alpha value is -2.91. The Kier molecular flexibility index (Phi) is 8.18. The highest BCUT2D eigenvalue weighted by molar-refractivity contribution is 14.1. The van der Waals surface area contributed by atoms with Gasteiger partial charge in [-0.05, 0) is 74.3 Å². The zero-order chi connectivity index (χ0) is 23.9. The van der Waals surface area contributed by atoms with Crippen LogP contribution in [0.3, 0.4) is 0 Å². The first-order chi connectivity index (χ1) is 16.5. The monoisotopic (exact) mass is 628 g/mol. The molecule has 172 valence electrons. The number of hydrazone groups is 1. The molecule has 0 bridgehead atoms. The van der Waals surface area contributed by atoms with E-state index in [0.29, 0.717) is 18.1 Å². The number of rotatable bonds is 8. The molecular weight excluding hydrogens is 607 g/mol. The van der Waals surface area contributed by atoms with E-state index in [1.165, 1.54) is 10.8 Å². The van der Waals surface area contributed by atoms with Crippen LogP contribution in [0.15, 0.2) is 88.4 Å².